The fourth-order valence-corrected chi connectivity index (χ4v) is 7.05. The number of carbonyl (C=O) groups is 2. The van der Waals surface area contributed by atoms with E-state index in [-0.39, 0.29) is 68.1 Å². The molecule has 0 aromatic heterocycles. The zero-order valence-electron chi connectivity index (χ0n) is 34.4. The van der Waals surface area contributed by atoms with Crippen molar-refractivity contribution in [2.75, 3.05) is 26.4 Å². The molecule has 0 heterocycles. The number of rotatable bonds is 41. The molecule has 52 heavy (non-hydrogen) atoms. The summed E-state index contributed by atoms with van der Waals surface area (Å²) in [5.41, 5.74) is 5.34. The van der Waals surface area contributed by atoms with Gasteiger partial charge in [0.15, 0.2) is 6.10 Å². The Morgan fingerprint density at radius 3 is 1.19 bits per heavy atom. The van der Waals surface area contributed by atoms with E-state index in [4.69, 9.17) is 24.3 Å². The topological polar surface area (TPSA) is 134 Å². The van der Waals surface area contributed by atoms with Gasteiger partial charge in [0.05, 0.1) is 13.2 Å². The number of unbranched alkanes of at least 4 members (excludes halogenated alkanes) is 28. The molecule has 0 aliphatic heterocycles. The molecule has 0 aliphatic carbocycles. The second kappa shape index (κ2) is 42.2. The van der Waals surface area contributed by atoms with Gasteiger partial charge in [0, 0.05) is 48.9 Å². The van der Waals surface area contributed by atoms with Crippen LogP contribution in [-0.4, -0.2) is 78.9 Å². The Morgan fingerprint density at radius 2 is 0.846 bits per heavy atom. The molecule has 1 radical (unpaired) electrons. The minimum Gasteiger partial charge on any atom is -0.462 e. The van der Waals surface area contributed by atoms with Crippen LogP contribution in [0.4, 0.5) is 0 Å². The Bertz CT molecular complexity index is 822. The van der Waals surface area contributed by atoms with E-state index >= 15 is 0 Å². The van der Waals surface area contributed by atoms with Gasteiger partial charge in [0.1, 0.15) is 6.61 Å². The summed E-state index contributed by atoms with van der Waals surface area (Å²) in [6, 6.07) is 0. The quantitative estimate of drug-likeness (QED) is 0.0269. The van der Waals surface area contributed by atoms with E-state index in [1.54, 1.807) is 0 Å². The number of esters is 2. The van der Waals surface area contributed by atoms with Crippen molar-refractivity contribution in [2.24, 2.45) is 5.73 Å². The summed E-state index contributed by atoms with van der Waals surface area (Å²) in [7, 11) is -4.37. The van der Waals surface area contributed by atoms with Gasteiger partial charge in [0.2, 0.25) is 0 Å². The Balaban J connectivity index is 0. The van der Waals surface area contributed by atoms with Crippen LogP contribution in [0.3, 0.4) is 0 Å². The smallest absolute Gasteiger partial charge is 0.462 e. The van der Waals surface area contributed by atoms with Crippen molar-refractivity contribution in [3.05, 3.63) is 0 Å². The van der Waals surface area contributed by atoms with Crippen LogP contribution in [0.1, 0.15) is 219 Å². The number of carbonyl (C=O) groups excluding carboxylic acids is 2. The normalized spacial score (nSPS) is 13.0. The van der Waals surface area contributed by atoms with E-state index < -0.39 is 26.5 Å². The van der Waals surface area contributed by atoms with Gasteiger partial charge in [-0.3, -0.25) is 18.6 Å². The maximum Gasteiger partial charge on any atom is 0.472 e. The number of ether oxygens (including phenoxy) is 2. The Labute approximate surface area is 342 Å². The van der Waals surface area contributed by atoms with Crippen LogP contribution in [0.15, 0.2) is 0 Å². The molecule has 0 spiro atoms. The molecule has 0 aliphatic rings. The van der Waals surface area contributed by atoms with Gasteiger partial charge in [-0.2, -0.15) is 0 Å². The Hall–Kier alpha value is 0.0100. The van der Waals surface area contributed by atoms with Gasteiger partial charge in [-0.25, -0.2) is 4.57 Å². The van der Waals surface area contributed by atoms with Gasteiger partial charge in [-0.1, -0.05) is 194 Å². The number of hydrogen-bond donors (Lipinski definition) is 2. The fourth-order valence-electron chi connectivity index (χ4n) is 6.28. The first-order chi connectivity index (χ1) is 24.8. The van der Waals surface area contributed by atoms with Gasteiger partial charge in [0.25, 0.3) is 0 Å². The van der Waals surface area contributed by atoms with Crippen LogP contribution in [0.25, 0.3) is 0 Å². The summed E-state index contributed by atoms with van der Waals surface area (Å²) in [6.45, 7) is 3.77. The van der Waals surface area contributed by atoms with Crippen molar-refractivity contribution < 1.29 is 37.6 Å². The van der Waals surface area contributed by atoms with Crippen LogP contribution < -0.4 is 5.73 Å². The van der Waals surface area contributed by atoms with Gasteiger partial charge < -0.3 is 20.1 Å². The zero-order chi connectivity index (χ0) is 37.5. The third-order valence-corrected chi connectivity index (χ3v) is 10.5. The summed E-state index contributed by atoms with van der Waals surface area (Å²) in [5.74, 6) is -0.813. The molecule has 0 fully saturated rings. The molecule has 3 N–H and O–H groups in total. The number of nitrogens with two attached hydrogens (primary N) is 1. The van der Waals surface area contributed by atoms with E-state index in [0.29, 0.717) is 6.42 Å². The van der Waals surface area contributed by atoms with E-state index in [2.05, 4.69) is 13.8 Å². The summed E-state index contributed by atoms with van der Waals surface area (Å²) in [6.07, 6.45) is 37.0. The average molecular weight is 771 g/mol. The second-order valence-corrected chi connectivity index (χ2v) is 16.0. The van der Waals surface area contributed by atoms with Crippen molar-refractivity contribution in [3.63, 3.8) is 0 Å². The molecule has 0 saturated heterocycles. The first kappa shape index (κ1) is 54.1. The molecule has 0 aromatic rings. The van der Waals surface area contributed by atoms with Crippen LogP contribution in [-0.2, 0) is 32.7 Å². The van der Waals surface area contributed by atoms with Gasteiger partial charge >= 0.3 is 19.8 Å². The molecular weight excluding hydrogens is 688 g/mol. The number of phosphoric ester groups is 1. The summed E-state index contributed by atoms with van der Waals surface area (Å²) >= 11 is 0. The summed E-state index contributed by atoms with van der Waals surface area (Å²) < 4.78 is 32.8. The number of phosphoric acid groups is 1. The molecule has 2 unspecified atom stereocenters. The van der Waals surface area contributed by atoms with Crippen molar-refractivity contribution >= 4 is 49.3 Å². The average Bonchev–Trinajstić information content (AvgIpc) is 3.11. The molecule has 2 atom stereocenters. The van der Waals surface area contributed by atoms with Gasteiger partial charge in [-0.15, -0.1) is 0 Å². The minimum atomic E-state index is -4.37. The van der Waals surface area contributed by atoms with Crippen LogP contribution in [0.5, 0.6) is 0 Å². The largest absolute Gasteiger partial charge is 0.472 e. The van der Waals surface area contributed by atoms with E-state index in [0.717, 1.165) is 32.1 Å². The molecule has 11 heteroatoms. The van der Waals surface area contributed by atoms with E-state index in [1.807, 2.05) is 0 Å². The van der Waals surface area contributed by atoms with Gasteiger partial charge in [-0.05, 0) is 12.8 Å². The predicted octanol–water partition coefficient (Wildman–Crippen LogP) is 11.7. The van der Waals surface area contributed by atoms with E-state index in [1.165, 1.54) is 154 Å². The molecular formula is C41H82NNaO8P. The Morgan fingerprint density at radius 1 is 0.519 bits per heavy atom. The molecule has 0 bridgehead atoms. The first-order valence-electron chi connectivity index (χ1n) is 21.5. The van der Waals surface area contributed by atoms with Crippen LogP contribution in [0, 0.1) is 0 Å². The third kappa shape index (κ3) is 41.2. The zero-order valence-corrected chi connectivity index (χ0v) is 37.3. The molecule has 0 saturated carbocycles. The summed E-state index contributed by atoms with van der Waals surface area (Å²) in [4.78, 5) is 34.8. The fraction of sp³-hybridized carbons (Fsp3) is 0.951. The van der Waals surface area contributed by atoms with Crippen LogP contribution >= 0.6 is 7.82 Å². The Kier molecular flexibility index (Phi) is 43.9. The number of hydrogen-bond acceptors (Lipinski definition) is 8. The van der Waals surface area contributed by atoms with Crippen molar-refractivity contribution in [2.45, 2.75) is 225 Å². The molecule has 0 rings (SSSR count). The molecule has 9 nitrogen and oxygen atoms in total. The molecule has 0 amide bonds. The molecule has 0 aromatic carbocycles. The standard InChI is InChI=1S/C41H82NO8P.Na/c1-3-5-7-9-11-13-15-17-19-21-23-25-27-29-31-33-40(43)47-37-39(38-49-51(45,46)48-36-35-42)50-41(44)34-32-30-28-26-24-22-20-18-16-14-12-10-8-6-4-2;/h39H,3-38,42H2,1-2H3,(H,45,46);. The SMILES string of the molecule is CCCCCCCCCCCCCCCCCC(=O)OCC(COP(=O)(O)OCCN)OC(=O)CCCCCCCCCCCCCCCCC.[Na]. The second-order valence-electron chi connectivity index (χ2n) is 14.6. The maximum absolute atomic E-state index is 12.6. The summed E-state index contributed by atoms with van der Waals surface area (Å²) in [5, 5.41) is 0. The minimum absolute atomic E-state index is 0. The van der Waals surface area contributed by atoms with Crippen LogP contribution in [0.2, 0.25) is 0 Å². The van der Waals surface area contributed by atoms with Crippen molar-refractivity contribution in [1.29, 1.82) is 0 Å². The molecule has 305 valence electrons. The first-order valence-corrected chi connectivity index (χ1v) is 23.0. The van der Waals surface area contributed by atoms with Crippen molar-refractivity contribution in [3.8, 4) is 0 Å². The predicted molar refractivity (Wildman–Crippen MR) is 216 cm³/mol. The maximum atomic E-state index is 12.6. The van der Waals surface area contributed by atoms with Crippen molar-refractivity contribution in [1.82, 2.24) is 0 Å². The third-order valence-electron chi connectivity index (χ3n) is 9.49. The van der Waals surface area contributed by atoms with E-state index in [9.17, 15) is 19.0 Å². The monoisotopic (exact) mass is 771 g/mol.